The van der Waals surface area contributed by atoms with Crippen molar-refractivity contribution in [3.8, 4) is 5.88 Å². The Morgan fingerprint density at radius 3 is 2.67 bits per heavy atom. The molecular formula is C24H30N6O5S. The molecule has 2 heterocycles. The molecule has 3 aromatic rings. The summed E-state index contributed by atoms with van der Waals surface area (Å²) in [5.74, 6) is -0.540. The van der Waals surface area contributed by atoms with Crippen LogP contribution in [0.25, 0.3) is 10.9 Å². The Balaban J connectivity index is 1.55. The highest BCUT2D eigenvalue weighted by atomic mass is 32.2. The summed E-state index contributed by atoms with van der Waals surface area (Å²) >= 11 is 0. The lowest BCUT2D eigenvalue weighted by Crippen LogP contribution is -2.41. The van der Waals surface area contributed by atoms with Crippen LogP contribution in [0.4, 0.5) is 11.4 Å². The second-order valence-electron chi connectivity index (χ2n) is 8.73. The van der Waals surface area contributed by atoms with Crippen molar-refractivity contribution < 1.29 is 23.1 Å². The van der Waals surface area contributed by atoms with Gasteiger partial charge in [0.1, 0.15) is 0 Å². The molecule has 0 unspecified atom stereocenters. The molecule has 0 aliphatic carbocycles. The van der Waals surface area contributed by atoms with Gasteiger partial charge in [-0.25, -0.2) is 13.1 Å². The van der Waals surface area contributed by atoms with Crippen LogP contribution >= 0.6 is 0 Å². The molecule has 1 aromatic heterocycles. The van der Waals surface area contributed by atoms with Crippen molar-refractivity contribution in [2.75, 3.05) is 39.4 Å². The number of azo groups is 1. The molecule has 0 spiro atoms. The Morgan fingerprint density at radius 1 is 1.17 bits per heavy atom. The fourth-order valence-corrected chi connectivity index (χ4v) is 5.17. The standard InChI is InChI=1S/C24H30N6O5S/c1-16(2)29-36(33,34)17-7-8-20-19(15-17)22(24(32)26-20)28-27-21-6-4-3-5-18(21)23(31)25-9-10-30-11-13-35-14-12-30/h3-8,15-16,26,29,32H,9-14H2,1-2H3,(H,25,31). The summed E-state index contributed by atoms with van der Waals surface area (Å²) in [5.41, 5.74) is 1.24. The summed E-state index contributed by atoms with van der Waals surface area (Å²) in [6.45, 7) is 7.73. The van der Waals surface area contributed by atoms with Gasteiger partial charge in [-0.2, -0.15) is 0 Å². The first kappa shape index (κ1) is 25.8. The van der Waals surface area contributed by atoms with Crippen LogP contribution in [0, 0.1) is 0 Å². The monoisotopic (exact) mass is 514 g/mol. The number of H-pyrrole nitrogens is 1. The Bertz CT molecular complexity index is 1360. The number of hydrogen-bond donors (Lipinski definition) is 4. The van der Waals surface area contributed by atoms with Crippen LogP contribution in [0.1, 0.15) is 24.2 Å². The van der Waals surface area contributed by atoms with E-state index in [1.165, 1.54) is 12.1 Å². The lowest BCUT2D eigenvalue weighted by molar-refractivity contribution is 0.0383. The molecule has 1 fully saturated rings. The molecule has 0 atom stereocenters. The number of carbonyl (C=O) groups excluding carboxylic acids is 1. The summed E-state index contributed by atoms with van der Waals surface area (Å²) in [7, 11) is -3.74. The van der Waals surface area contributed by atoms with Crippen molar-refractivity contribution in [1.82, 2.24) is 19.9 Å². The number of morpholine rings is 1. The maximum atomic E-state index is 12.8. The van der Waals surface area contributed by atoms with E-state index in [2.05, 4.69) is 30.2 Å². The third kappa shape index (κ3) is 6.08. The zero-order valence-electron chi connectivity index (χ0n) is 20.2. The second kappa shape index (κ2) is 11.2. The van der Waals surface area contributed by atoms with E-state index in [4.69, 9.17) is 4.74 Å². The summed E-state index contributed by atoms with van der Waals surface area (Å²) in [6.07, 6.45) is 0. The van der Waals surface area contributed by atoms with Crippen LogP contribution < -0.4 is 10.0 Å². The van der Waals surface area contributed by atoms with Crippen LogP contribution in [0.5, 0.6) is 5.88 Å². The molecular weight excluding hydrogens is 484 g/mol. The lowest BCUT2D eigenvalue weighted by Gasteiger charge is -2.26. The van der Waals surface area contributed by atoms with E-state index in [0.29, 0.717) is 41.9 Å². The number of aromatic nitrogens is 1. The van der Waals surface area contributed by atoms with Gasteiger partial charge in [0.25, 0.3) is 5.91 Å². The largest absolute Gasteiger partial charge is 0.493 e. The Labute approximate surface area is 209 Å². The normalized spacial score (nSPS) is 15.2. The molecule has 4 rings (SSSR count). The number of benzene rings is 2. The molecule has 4 N–H and O–H groups in total. The van der Waals surface area contributed by atoms with Crippen LogP contribution in [0.3, 0.4) is 0 Å². The molecule has 1 saturated heterocycles. The minimum absolute atomic E-state index is 0.0409. The predicted octanol–water partition coefficient (Wildman–Crippen LogP) is 3.04. The van der Waals surface area contributed by atoms with E-state index in [9.17, 15) is 18.3 Å². The van der Waals surface area contributed by atoms with Crippen molar-refractivity contribution in [2.24, 2.45) is 10.2 Å². The second-order valence-corrected chi connectivity index (χ2v) is 10.4. The van der Waals surface area contributed by atoms with Crippen molar-refractivity contribution in [2.45, 2.75) is 24.8 Å². The topological polar surface area (TPSA) is 148 Å². The molecule has 11 nitrogen and oxygen atoms in total. The molecule has 12 heteroatoms. The van der Waals surface area contributed by atoms with Gasteiger partial charge in [0, 0.05) is 37.6 Å². The molecule has 0 saturated carbocycles. The highest BCUT2D eigenvalue weighted by Crippen LogP contribution is 2.37. The fourth-order valence-electron chi connectivity index (χ4n) is 3.89. The van der Waals surface area contributed by atoms with Gasteiger partial charge in [0.05, 0.1) is 34.9 Å². The van der Waals surface area contributed by atoms with Gasteiger partial charge in [0.2, 0.25) is 15.9 Å². The zero-order chi connectivity index (χ0) is 25.7. The van der Waals surface area contributed by atoms with Crippen LogP contribution in [-0.2, 0) is 14.8 Å². The van der Waals surface area contributed by atoms with Crippen molar-refractivity contribution in [3.63, 3.8) is 0 Å². The van der Waals surface area contributed by atoms with Crippen molar-refractivity contribution in [1.29, 1.82) is 0 Å². The molecule has 1 aliphatic heterocycles. The quantitative estimate of drug-likeness (QED) is 0.323. The Morgan fingerprint density at radius 2 is 1.92 bits per heavy atom. The van der Waals surface area contributed by atoms with Crippen LogP contribution in [0.15, 0.2) is 57.6 Å². The van der Waals surface area contributed by atoms with Gasteiger partial charge in [-0.1, -0.05) is 12.1 Å². The van der Waals surface area contributed by atoms with Gasteiger partial charge in [-0.3, -0.25) is 9.69 Å². The van der Waals surface area contributed by atoms with Crippen LogP contribution in [-0.4, -0.2) is 74.8 Å². The number of nitrogens with one attached hydrogen (secondary N) is 3. The first-order chi connectivity index (χ1) is 17.2. The van der Waals surface area contributed by atoms with Gasteiger partial charge >= 0.3 is 0 Å². The number of nitrogens with zero attached hydrogens (tertiary/aromatic N) is 3. The van der Waals surface area contributed by atoms with E-state index in [1.54, 1.807) is 44.2 Å². The van der Waals surface area contributed by atoms with E-state index in [-0.39, 0.29) is 28.4 Å². The van der Waals surface area contributed by atoms with Crippen molar-refractivity contribution >= 4 is 38.2 Å². The number of ether oxygens (including phenoxy) is 1. The third-order valence-corrected chi connectivity index (χ3v) is 7.30. The van der Waals surface area contributed by atoms with Crippen LogP contribution in [0.2, 0.25) is 0 Å². The molecule has 36 heavy (non-hydrogen) atoms. The maximum absolute atomic E-state index is 12.8. The Kier molecular flexibility index (Phi) is 7.99. The zero-order valence-corrected chi connectivity index (χ0v) is 21.0. The summed E-state index contributed by atoms with van der Waals surface area (Å²) in [5, 5.41) is 22.1. The third-order valence-electron chi connectivity index (χ3n) is 5.65. The average Bonchev–Trinajstić information content (AvgIpc) is 3.16. The maximum Gasteiger partial charge on any atom is 0.253 e. The number of carbonyl (C=O) groups is 1. The number of rotatable bonds is 9. The van der Waals surface area contributed by atoms with Crippen molar-refractivity contribution in [3.05, 3.63) is 48.0 Å². The molecule has 2 aromatic carbocycles. The first-order valence-corrected chi connectivity index (χ1v) is 13.2. The summed E-state index contributed by atoms with van der Waals surface area (Å²) < 4.78 is 33.1. The smallest absolute Gasteiger partial charge is 0.253 e. The predicted molar refractivity (Wildman–Crippen MR) is 136 cm³/mol. The van der Waals surface area contributed by atoms with E-state index < -0.39 is 10.0 Å². The number of amides is 1. The molecule has 1 aliphatic rings. The summed E-state index contributed by atoms with van der Waals surface area (Å²) in [4.78, 5) is 17.8. The fraction of sp³-hybridized carbons (Fsp3) is 0.375. The molecule has 0 bridgehead atoms. The SMILES string of the molecule is CC(C)NS(=O)(=O)c1ccc2[nH]c(O)c(N=Nc3ccccc3C(=O)NCCN3CCOCC3)c2c1. The van der Waals surface area contributed by atoms with Gasteiger partial charge < -0.3 is 20.1 Å². The number of aromatic hydroxyl groups is 1. The summed E-state index contributed by atoms with van der Waals surface area (Å²) in [6, 6.07) is 10.9. The highest BCUT2D eigenvalue weighted by Gasteiger charge is 2.19. The Hall–Kier alpha value is -3.32. The van der Waals surface area contributed by atoms with E-state index in [0.717, 1.165) is 19.6 Å². The number of hydrogen-bond acceptors (Lipinski definition) is 8. The lowest BCUT2D eigenvalue weighted by atomic mass is 10.1. The molecule has 192 valence electrons. The number of sulfonamides is 1. The number of fused-ring (bicyclic) bond motifs is 1. The minimum Gasteiger partial charge on any atom is -0.493 e. The number of aromatic amines is 1. The van der Waals surface area contributed by atoms with Gasteiger partial charge in [-0.05, 0) is 44.2 Å². The van der Waals surface area contributed by atoms with Gasteiger partial charge in [-0.15, -0.1) is 10.2 Å². The average molecular weight is 515 g/mol. The first-order valence-electron chi connectivity index (χ1n) is 11.7. The minimum atomic E-state index is -3.74. The molecule has 1 amide bonds. The highest BCUT2D eigenvalue weighted by molar-refractivity contribution is 7.89. The molecule has 0 radical (unpaired) electrons. The van der Waals surface area contributed by atoms with E-state index in [1.807, 2.05) is 0 Å². The van der Waals surface area contributed by atoms with Gasteiger partial charge in [0.15, 0.2) is 5.69 Å². The van der Waals surface area contributed by atoms with E-state index >= 15 is 0 Å².